The molecule has 0 saturated carbocycles. The predicted octanol–water partition coefficient (Wildman–Crippen LogP) is 6.15. The van der Waals surface area contributed by atoms with Gasteiger partial charge in [-0.25, -0.2) is 8.42 Å². The summed E-state index contributed by atoms with van der Waals surface area (Å²) in [6.45, 7) is 2.22. The molecule has 0 heterocycles. The van der Waals surface area contributed by atoms with Gasteiger partial charge in [0.25, 0.3) is 10.0 Å². The second-order valence-corrected chi connectivity index (χ2v) is 9.95. The van der Waals surface area contributed by atoms with Gasteiger partial charge in [0, 0.05) is 8.96 Å². The zero-order valence-corrected chi connectivity index (χ0v) is 18.9. The van der Waals surface area contributed by atoms with Crippen LogP contribution in [0.2, 0.25) is 0 Å². The molecule has 0 fully saturated rings. The fourth-order valence-corrected chi connectivity index (χ4v) is 5.77. The van der Waals surface area contributed by atoms with Crippen molar-refractivity contribution in [2.75, 3.05) is 4.31 Å². The Morgan fingerprint density at radius 2 is 1.45 bits per heavy atom. The average molecular weight is 513 g/mol. The second-order valence-electron chi connectivity index (χ2n) is 6.93. The highest BCUT2D eigenvalue weighted by Gasteiger charge is 2.28. The first kappa shape index (κ1) is 19.9. The fourth-order valence-electron chi connectivity index (χ4n) is 3.35. The molecule has 0 aliphatic rings. The number of hydrogen-bond acceptors (Lipinski definition) is 2. The van der Waals surface area contributed by atoms with Crippen LogP contribution in [-0.2, 0) is 16.6 Å². The number of fused-ring (bicyclic) bond motifs is 1. The average Bonchev–Trinajstić information content (AvgIpc) is 2.73. The Bertz CT molecular complexity index is 1250. The summed E-state index contributed by atoms with van der Waals surface area (Å²) in [5.41, 5.74) is 2.68. The van der Waals surface area contributed by atoms with Crippen LogP contribution in [0, 0.1) is 10.5 Å². The highest BCUT2D eigenvalue weighted by molar-refractivity contribution is 14.1. The quantitative estimate of drug-likeness (QED) is 0.301. The van der Waals surface area contributed by atoms with Gasteiger partial charge < -0.3 is 0 Å². The Labute approximate surface area is 185 Å². The molecular formula is C24H20INO2S. The number of hydrogen-bond donors (Lipinski definition) is 0. The van der Waals surface area contributed by atoms with Gasteiger partial charge in [-0.2, -0.15) is 0 Å². The van der Waals surface area contributed by atoms with E-state index in [1.165, 1.54) is 4.31 Å². The van der Waals surface area contributed by atoms with Gasteiger partial charge in [0.2, 0.25) is 0 Å². The van der Waals surface area contributed by atoms with Gasteiger partial charge >= 0.3 is 0 Å². The molecule has 0 bridgehead atoms. The van der Waals surface area contributed by atoms with Crippen molar-refractivity contribution in [1.82, 2.24) is 0 Å². The molecule has 0 aromatic heterocycles. The second kappa shape index (κ2) is 8.16. The van der Waals surface area contributed by atoms with Gasteiger partial charge in [0.15, 0.2) is 0 Å². The van der Waals surface area contributed by atoms with Crippen molar-refractivity contribution in [3.8, 4) is 0 Å². The number of aryl methyl sites for hydroxylation is 1. The van der Waals surface area contributed by atoms with E-state index < -0.39 is 10.0 Å². The number of benzene rings is 4. The van der Waals surface area contributed by atoms with Crippen LogP contribution in [0.1, 0.15) is 11.1 Å². The van der Waals surface area contributed by atoms with Crippen LogP contribution in [0.4, 0.5) is 5.69 Å². The van der Waals surface area contributed by atoms with Crippen LogP contribution in [-0.4, -0.2) is 8.42 Å². The molecule has 29 heavy (non-hydrogen) atoms. The van der Waals surface area contributed by atoms with Gasteiger partial charge in [-0.1, -0.05) is 78.4 Å². The minimum atomic E-state index is -3.75. The summed E-state index contributed by atoms with van der Waals surface area (Å²) in [6, 6.07) is 28.6. The van der Waals surface area contributed by atoms with Crippen molar-refractivity contribution >= 4 is 49.1 Å². The third-order valence-electron chi connectivity index (χ3n) is 4.88. The maximum atomic E-state index is 13.8. The largest absolute Gasteiger partial charge is 0.264 e. The van der Waals surface area contributed by atoms with Crippen LogP contribution in [0.25, 0.3) is 10.8 Å². The smallest absolute Gasteiger partial charge is 0.260 e. The molecule has 4 aromatic rings. The van der Waals surface area contributed by atoms with E-state index in [-0.39, 0.29) is 6.54 Å². The van der Waals surface area contributed by atoms with Gasteiger partial charge in [0.1, 0.15) is 0 Å². The summed E-state index contributed by atoms with van der Waals surface area (Å²) >= 11 is 2.23. The van der Waals surface area contributed by atoms with Crippen molar-refractivity contribution in [2.45, 2.75) is 18.4 Å². The fraction of sp³-hybridized carbons (Fsp3) is 0.0833. The summed E-state index contributed by atoms with van der Waals surface area (Å²) in [5, 5.41) is 1.94. The summed E-state index contributed by atoms with van der Waals surface area (Å²) in [4.78, 5) is 0.294. The zero-order valence-electron chi connectivity index (χ0n) is 15.9. The van der Waals surface area contributed by atoms with Crippen LogP contribution < -0.4 is 4.31 Å². The molecule has 0 saturated heterocycles. The molecule has 3 nitrogen and oxygen atoms in total. The van der Waals surface area contributed by atoms with E-state index in [2.05, 4.69) is 22.6 Å². The number of nitrogens with zero attached hydrogens (tertiary/aromatic N) is 1. The first-order valence-electron chi connectivity index (χ1n) is 9.27. The van der Waals surface area contributed by atoms with Crippen LogP contribution in [0.15, 0.2) is 95.9 Å². The lowest BCUT2D eigenvalue weighted by Gasteiger charge is -2.27. The molecule has 0 spiro atoms. The third kappa shape index (κ3) is 4.02. The van der Waals surface area contributed by atoms with E-state index in [1.807, 2.05) is 85.8 Å². The molecule has 4 rings (SSSR count). The molecule has 5 heteroatoms. The molecule has 0 aliphatic carbocycles. The minimum Gasteiger partial charge on any atom is -0.260 e. The molecular weight excluding hydrogens is 493 g/mol. The topological polar surface area (TPSA) is 37.4 Å². The molecule has 0 radical (unpaired) electrons. The Kier molecular flexibility index (Phi) is 5.61. The van der Waals surface area contributed by atoms with E-state index in [1.54, 1.807) is 12.1 Å². The minimum absolute atomic E-state index is 0.265. The Morgan fingerprint density at radius 3 is 2.17 bits per heavy atom. The van der Waals surface area contributed by atoms with Crippen LogP contribution >= 0.6 is 22.6 Å². The third-order valence-corrected chi connectivity index (χ3v) is 7.51. The molecule has 0 unspecified atom stereocenters. The van der Waals surface area contributed by atoms with Gasteiger partial charge in [0.05, 0.1) is 17.1 Å². The zero-order chi connectivity index (χ0) is 20.4. The number of halogens is 1. The molecule has 0 amide bonds. The lowest BCUT2D eigenvalue weighted by Crippen LogP contribution is -2.31. The molecule has 4 aromatic carbocycles. The highest BCUT2D eigenvalue weighted by Crippen LogP contribution is 2.36. The molecule has 0 aliphatic heterocycles. The van der Waals surface area contributed by atoms with Crippen molar-refractivity contribution in [2.24, 2.45) is 0 Å². The van der Waals surface area contributed by atoms with Crippen molar-refractivity contribution in [1.29, 1.82) is 0 Å². The van der Waals surface area contributed by atoms with E-state index in [0.717, 1.165) is 25.5 Å². The summed E-state index contributed by atoms with van der Waals surface area (Å²) in [5.74, 6) is 0. The van der Waals surface area contributed by atoms with E-state index in [9.17, 15) is 8.42 Å². The van der Waals surface area contributed by atoms with E-state index in [0.29, 0.717) is 10.6 Å². The monoisotopic (exact) mass is 513 g/mol. The van der Waals surface area contributed by atoms with E-state index in [4.69, 9.17) is 0 Å². The van der Waals surface area contributed by atoms with Gasteiger partial charge in [-0.15, -0.1) is 0 Å². The lowest BCUT2D eigenvalue weighted by molar-refractivity contribution is 0.590. The number of rotatable bonds is 5. The SMILES string of the molecule is Cc1ccc(S(=O)(=O)N(Cc2ccccc2)c2c(I)ccc3ccccc23)cc1. The Hall–Kier alpha value is -2.38. The number of anilines is 1. The van der Waals surface area contributed by atoms with Crippen molar-refractivity contribution in [3.63, 3.8) is 0 Å². The van der Waals surface area contributed by atoms with Crippen molar-refractivity contribution in [3.05, 3.63) is 106 Å². The Morgan fingerprint density at radius 1 is 0.793 bits per heavy atom. The summed E-state index contributed by atoms with van der Waals surface area (Å²) in [6.07, 6.45) is 0. The normalized spacial score (nSPS) is 11.5. The highest BCUT2D eigenvalue weighted by atomic mass is 127. The first-order valence-corrected chi connectivity index (χ1v) is 11.8. The first-order chi connectivity index (χ1) is 14.0. The maximum absolute atomic E-state index is 13.8. The Balaban J connectivity index is 1.95. The van der Waals surface area contributed by atoms with Crippen LogP contribution in [0.5, 0.6) is 0 Å². The number of sulfonamides is 1. The molecule has 0 N–H and O–H groups in total. The molecule has 146 valence electrons. The maximum Gasteiger partial charge on any atom is 0.264 e. The van der Waals surface area contributed by atoms with Crippen molar-refractivity contribution < 1.29 is 8.42 Å². The summed E-state index contributed by atoms with van der Waals surface area (Å²) in [7, 11) is -3.75. The van der Waals surface area contributed by atoms with Gasteiger partial charge in [-0.05, 0) is 58.7 Å². The van der Waals surface area contributed by atoms with E-state index >= 15 is 0 Å². The predicted molar refractivity (Wildman–Crippen MR) is 128 cm³/mol. The summed E-state index contributed by atoms with van der Waals surface area (Å²) < 4.78 is 30.0. The van der Waals surface area contributed by atoms with Crippen LogP contribution in [0.3, 0.4) is 0 Å². The molecule has 0 atom stereocenters. The lowest BCUT2D eigenvalue weighted by atomic mass is 10.1. The van der Waals surface area contributed by atoms with Gasteiger partial charge in [-0.3, -0.25) is 4.31 Å². The standard InChI is InChI=1S/C24H20INO2S/c1-18-11-14-21(15-12-18)29(27,28)26(17-19-7-3-2-4-8-19)24-22-10-6-5-9-20(22)13-16-23(24)25/h2-16H,17H2,1H3.